The minimum Gasteiger partial charge on any atom is -0.406 e. The van der Waals surface area contributed by atoms with Crippen molar-refractivity contribution in [2.45, 2.75) is 32.2 Å². The number of nitrogens with two attached hydrogens (primary N) is 1. The Morgan fingerprint density at radius 2 is 1.95 bits per heavy atom. The molecule has 2 unspecified atom stereocenters. The van der Waals surface area contributed by atoms with Crippen LogP contribution in [0, 0.1) is 0 Å². The summed E-state index contributed by atoms with van der Waals surface area (Å²) in [4.78, 5) is 0. The molecular formula is C14H20N4O. The molecular weight excluding hydrogens is 240 g/mol. The molecule has 0 aliphatic carbocycles. The Morgan fingerprint density at radius 3 is 2.58 bits per heavy atom. The van der Waals surface area contributed by atoms with Crippen LogP contribution in [0.25, 0.3) is 0 Å². The average molecular weight is 260 g/mol. The molecule has 0 bridgehead atoms. The second-order valence-electron chi connectivity index (χ2n) is 4.76. The van der Waals surface area contributed by atoms with Crippen LogP contribution >= 0.6 is 0 Å². The molecule has 0 saturated carbocycles. The second kappa shape index (κ2) is 6.33. The van der Waals surface area contributed by atoms with Crippen LogP contribution in [-0.4, -0.2) is 16.7 Å². The minimum absolute atomic E-state index is 0.230. The predicted molar refractivity (Wildman–Crippen MR) is 74.9 cm³/mol. The molecule has 3 N–H and O–H groups in total. The number of nitrogens with zero attached hydrogens (tertiary/aromatic N) is 2. The van der Waals surface area contributed by atoms with E-state index in [1.165, 1.54) is 5.56 Å². The molecule has 0 saturated heterocycles. The number of nitrogens with one attached hydrogen (secondary N) is 1. The Hall–Kier alpha value is -1.88. The average Bonchev–Trinajstić information content (AvgIpc) is 2.89. The molecule has 19 heavy (non-hydrogen) atoms. The fraction of sp³-hybridized carbons (Fsp3) is 0.429. The Bertz CT molecular complexity index is 495. The van der Waals surface area contributed by atoms with Crippen molar-refractivity contribution in [3.05, 3.63) is 41.8 Å². The van der Waals surface area contributed by atoms with E-state index in [0.29, 0.717) is 17.8 Å². The molecule has 0 spiro atoms. The highest BCUT2D eigenvalue weighted by Crippen LogP contribution is 2.18. The molecule has 102 valence electrons. The Balaban J connectivity index is 1.80. The van der Waals surface area contributed by atoms with Gasteiger partial charge in [-0.05, 0) is 24.8 Å². The Labute approximate surface area is 113 Å². The van der Waals surface area contributed by atoms with Gasteiger partial charge in [-0.1, -0.05) is 42.4 Å². The van der Waals surface area contributed by atoms with Crippen molar-refractivity contribution in [3.63, 3.8) is 0 Å². The van der Waals surface area contributed by atoms with Crippen LogP contribution in [-0.2, 0) is 0 Å². The summed E-state index contributed by atoms with van der Waals surface area (Å²) in [6.45, 7) is 4.81. The van der Waals surface area contributed by atoms with Crippen LogP contribution in [0.4, 0.5) is 6.01 Å². The lowest BCUT2D eigenvalue weighted by Crippen LogP contribution is -2.06. The number of benzene rings is 1. The van der Waals surface area contributed by atoms with Crippen molar-refractivity contribution < 1.29 is 4.42 Å². The van der Waals surface area contributed by atoms with Gasteiger partial charge in [-0.15, -0.1) is 5.10 Å². The van der Waals surface area contributed by atoms with E-state index in [-0.39, 0.29) is 6.04 Å². The van der Waals surface area contributed by atoms with Gasteiger partial charge in [-0.2, -0.15) is 0 Å². The highest BCUT2D eigenvalue weighted by molar-refractivity contribution is 5.20. The first-order chi connectivity index (χ1) is 9.16. The monoisotopic (exact) mass is 260 g/mol. The number of hydrogen-bond donors (Lipinski definition) is 2. The molecule has 1 aromatic heterocycles. The molecule has 2 atom stereocenters. The fourth-order valence-corrected chi connectivity index (χ4v) is 1.83. The van der Waals surface area contributed by atoms with Crippen molar-refractivity contribution in [1.29, 1.82) is 0 Å². The number of hydrogen-bond acceptors (Lipinski definition) is 5. The van der Waals surface area contributed by atoms with Gasteiger partial charge >= 0.3 is 6.01 Å². The van der Waals surface area contributed by atoms with Gasteiger partial charge in [0, 0.05) is 6.54 Å². The maximum absolute atomic E-state index is 5.66. The molecule has 0 fully saturated rings. The summed E-state index contributed by atoms with van der Waals surface area (Å²) in [6, 6.07) is 10.6. The topological polar surface area (TPSA) is 77.0 Å². The highest BCUT2D eigenvalue weighted by Gasteiger charge is 2.10. The maximum Gasteiger partial charge on any atom is 0.315 e. The van der Waals surface area contributed by atoms with Crippen LogP contribution in [0.1, 0.15) is 43.7 Å². The highest BCUT2D eigenvalue weighted by atomic mass is 16.4. The lowest BCUT2D eigenvalue weighted by molar-refractivity contribution is 0.472. The van der Waals surface area contributed by atoms with Crippen molar-refractivity contribution in [2.75, 3.05) is 11.9 Å². The van der Waals surface area contributed by atoms with Gasteiger partial charge in [0.25, 0.3) is 0 Å². The Kier molecular flexibility index (Phi) is 4.52. The van der Waals surface area contributed by atoms with Crippen LogP contribution in [0.5, 0.6) is 0 Å². The van der Waals surface area contributed by atoms with E-state index in [2.05, 4.69) is 46.7 Å². The lowest BCUT2D eigenvalue weighted by atomic mass is 9.98. The van der Waals surface area contributed by atoms with E-state index in [9.17, 15) is 0 Å². The predicted octanol–water partition coefficient (Wildman–Crippen LogP) is 2.70. The van der Waals surface area contributed by atoms with Crippen molar-refractivity contribution >= 4 is 6.01 Å². The van der Waals surface area contributed by atoms with Crippen LogP contribution in [0.15, 0.2) is 34.7 Å². The summed E-state index contributed by atoms with van der Waals surface area (Å²) in [5.74, 6) is 0.947. The van der Waals surface area contributed by atoms with Gasteiger partial charge in [-0.3, -0.25) is 0 Å². The van der Waals surface area contributed by atoms with E-state index in [4.69, 9.17) is 10.2 Å². The fourth-order valence-electron chi connectivity index (χ4n) is 1.83. The molecule has 5 heteroatoms. The summed E-state index contributed by atoms with van der Waals surface area (Å²) in [7, 11) is 0. The molecule has 1 heterocycles. The Morgan fingerprint density at radius 1 is 1.21 bits per heavy atom. The largest absolute Gasteiger partial charge is 0.406 e. The smallest absolute Gasteiger partial charge is 0.315 e. The van der Waals surface area contributed by atoms with Crippen LogP contribution in [0.2, 0.25) is 0 Å². The van der Waals surface area contributed by atoms with E-state index >= 15 is 0 Å². The first kappa shape index (κ1) is 13.5. The number of aromatic nitrogens is 2. The molecule has 0 radical (unpaired) electrons. The van der Waals surface area contributed by atoms with Crippen LogP contribution < -0.4 is 11.1 Å². The van der Waals surface area contributed by atoms with Gasteiger partial charge in [-0.25, -0.2) is 0 Å². The second-order valence-corrected chi connectivity index (χ2v) is 4.76. The SMILES string of the molecule is CC(N)c1nnc(NCCC(C)c2ccccc2)o1. The van der Waals surface area contributed by atoms with Gasteiger partial charge in [0.15, 0.2) is 0 Å². The summed E-state index contributed by atoms with van der Waals surface area (Å²) in [5, 5.41) is 10.9. The molecule has 5 nitrogen and oxygen atoms in total. The zero-order chi connectivity index (χ0) is 13.7. The summed E-state index contributed by atoms with van der Waals surface area (Å²) < 4.78 is 5.37. The third-order valence-corrected chi connectivity index (χ3v) is 3.05. The minimum atomic E-state index is -0.230. The molecule has 1 aromatic carbocycles. The van der Waals surface area contributed by atoms with E-state index in [1.807, 2.05) is 13.0 Å². The normalized spacial score (nSPS) is 14.1. The molecule has 2 aromatic rings. The summed E-state index contributed by atoms with van der Waals surface area (Å²) in [5.41, 5.74) is 6.99. The van der Waals surface area contributed by atoms with Gasteiger partial charge in [0.05, 0.1) is 6.04 Å². The standard InChI is InChI=1S/C14H20N4O/c1-10(12-6-4-3-5-7-12)8-9-16-14-18-17-13(19-14)11(2)15/h3-7,10-11H,8-9,15H2,1-2H3,(H,16,18). The van der Waals surface area contributed by atoms with E-state index < -0.39 is 0 Å². The van der Waals surface area contributed by atoms with Crippen molar-refractivity contribution in [1.82, 2.24) is 10.2 Å². The molecule has 0 aliphatic heterocycles. The first-order valence-electron chi connectivity index (χ1n) is 6.54. The lowest BCUT2D eigenvalue weighted by Gasteiger charge is -2.11. The maximum atomic E-state index is 5.66. The quantitative estimate of drug-likeness (QED) is 0.835. The van der Waals surface area contributed by atoms with Gasteiger partial charge in [0.2, 0.25) is 5.89 Å². The van der Waals surface area contributed by atoms with Gasteiger partial charge in [0.1, 0.15) is 0 Å². The van der Waals surface area contributed by atoms with E-state index in [1.54, 1.807) is 0 Å². The third kappa shape index (κ3) is 3.79. The number of rotatable bonds is 6. The van der Waals surface area contributed by atoms with Crippen molar-refractivity contribution in [2.24, 2.45) is 5.73 Å². The number of anilines is 1. The zero-order valence-corrected chi connectivity index (χ0v) is 11.3. The van der Waals surface area contributed by atoms with Gasteiger partial charge < -0.3 is 15.5 Å². The van der Waals surface area contributed by atoms with Crippen LogP contribution in [0.3, 0.4) is 0 Å². The first-order valence-corrected chi connectivity index (χ1v) is 6.54. The van der Waals surface area contributed by atoms with E-state index in [0.717, 1.165) is 13.0 Å². The zero-order valence-electron chi connectivity index (χ0n) is 11.3. The summed E-state index contributed by atoms with van der Waals surface area (Å²) >= 11 is 0. The molecule has 2 rings (SSSR count). The third-order valence-electron chi connectivity index (χ3n) is 3.05. The molecule has 0 amide bonds. The molecule has 0 aliphatic rings. The van der Waals surface area contributed by atoms with Crippen molar-refractivity contribution in [3.8, 4) is 0 Å². The summed E-state index contributed by atoms with van der Waals surface area (Å²) in [6.07, 6.45) is 1.000.